The third-order valence-electron chi connectivity index (χ3n) is 3.89. The van der Waals surface area contributed by atoms with E-state index in [0.717, 1.165) is 5.06 Å². The number of hydrogen-bond acceptors (Lipinski definition) is 6. The first-order chi connectivity index (χ1) is 9.58. The lowest BCUT2D eigenvalue weighted by atomic mass is 9.77. The minimum Gasteiger partial charge on any atom is -0.442 e. The third kappa shape index (κ3) is 2.43. The number of rotatable bonds is 2. The quantitative estimate of drug-likeness (QED) is 0.722. The van der Waals surface area contributed by atoms with E-state index in [0.29, 0.717) is 0 Å². The summed E-state index contributed by atoms with van der Waals surface area (Å²) in [4.78, 5) is 30.0. The number of carbonyl (C=O) groups excluding carboxylic acids is 2. The molecule has 1 amide bonds. The van der Waals surface area contributed by atoms with E-state index in [-0.39, 0.29) is 18.6 Å². The highest BCUT2D eigenvalue weighted by Gasteiger charge is 2.70. The van der Waals surface area contributed by atoms with Gasteiger partial charge < -0.3 is 14.2 Å². The van der Waals surface area contributed by atoms with Gasteiger partial charge in [-0.3, -0.25) is 9.63 Å². The van der Waals surface area contributed by atoms with Gasteiger partial charge in [0.1, 0.15) is 17.4 Å². The second-order valence-corrected chi connectivity index (χ2v) is 6.64. The van der Waals surface area contributed by atoms with Crippen molar-refractivity contribution < 1.29 is 28.6 Å². The Hall–Kier alpha value is -1.18. The SMILES string of the molecule is COC1(OC)C2CC(=O)CC1(C)ON2C(=O)OC(C)(C)C. The van der Waals surface area contributed by atoms with Gasteiger partial charge in [0.25, 0.3) is 0 Å². The first kappa shape index (κ1) is 16.2. The normalized spacial score (nSPS) is 31.4. The highest BCUT2D eigenvalue weighted by Crippen LogP contribution is 2.50. The predicted molar refractivity (Wildman–Crippen MR) is 72.3 cm³/mol. The van der Waals surface area contributed by atoms with Gasteiger partial charge in [-0.05, 0) is 27.7 Å². The maximum Gasteiger partial charge on any atom is 0.434 e. The molecule has 120 valence electrons. The summed E-state index contributed by atoms with van der Waals surface area (Å²) in [5, 5.41) is 1.09. The Balaban J connectivity index is 2.35. The largest absolute Gasteiger partial charge is 0.442 e. The van der Waals surface area contributed by atoms with Crippen molar-refractivity contribution in [3.63, 3.8) is 0 Å². The van der Waals surface area contributed by atoms with Crippen molar-refractivity contribution in [1.29, 1.82) is 0 Å². The summed E-state index contributed by atoms with van der Waals surface area (Å²) in [6, 6.07) is -0.673. The van der Waals surface area contributed by atoms with Crippen molar-refractivity contribution in [3.05, 3.63) is 0 Å². The number of hydrogen-bond donors (Lipinski definition) is 0. The summed E-state index contributed by atoms with van der Waals surface area (Å²) >= 11 is 0. The molecule has 0 aromatic carbocycles. The van der Waals surface area contributed by atoms with Gasteiger partial charge in [-0.25, -0.2) is 4.79 Å². The van der Waals surface area contributed by atoms with Crippen LogP contribution in [-0.2, 0) is 23.8 Å². The lowest BCUT2D eigenvalue weighted by Gasteiger charge is -2.42. The number of ether oxygens (including phenoxy) is 3. The van der Waals surface area contributed by atoms with Crippen LogP contribution in [0.15, 0.2) is 0 Å². The molecule has 2 fully saturated rings. The topological polar surface area (TPSA) is 74.3 Å². The second kappa shape index (κ2) is 4.93. The average Bonchev–Trinajstić information content (AvgIpc) is 2.46. The molecular formula is C14H23NO6. The van der Waals surface area contributed by atoms with Crippen molar-refractivity contribution in [3.8, 4) is 0 Å². The van der Waals surface area contributed by atoms with Crippen LogP contribution in [0.2, 0.25) is 0 Å². The van der Waals surface area contributed by atoms with Gasteiger partial charge >= 0.3 is 6.09 Å². The molecule has 1 saturated carbocycles. The highest BCUT2D eigenvalue weighted by atomic mass is 16.8. The molecule has 0 spiro atoms. The third-order valence-corrected chi connectivity index (χ3v) is 3.89. The molecule has 1 aliphatic carbocycles. The Morgan fingerprint density at radius 3 is 2.38 bits per heavy atom. The molecule has 7 nitrogen and oxygen atoms in total. The number of ketones is 1. The highest BCUT2D eigenvalue weighted by molar-refractivity contribution is 5.83. The summed E-state index contributed by atoms with van der Waals surface area (Å²) in [6.07, 6.45) is -0.425. The van der Waals surface area contributed by atoms with Crippen LogP contribution in [0, 0.1) is 0 Å². The van der Waals surface area contributed by atoms with E-state index in [9.17, 15) is 9.59 Å². The zero-order chi connectivity index (χ0) is 16.1. The van der Waals surface area contributed by atoms with Gasteiger partial charge in [-0.2, -0.15) is 5.06 Å². The van der Waals surface area contributed by atoms with Crippen molar-refractivity contribution in [2.24, 2.45) is 0 Å². The van der Waals surface area contributed by atoms with Crippen LogP contribution < -0.4 is 0 Å². The van der Waals surface area contributed by atoms with Crippen LogP contribution in [-0.4, -0.2) is 54.2 Å². The molecule has 7 heteroatoms. The summed E-state index contributed by atoms with van der Waals surface area (Å²) in [5.74, 6) is -1.18. The second-order valence-electron chi connectivity index (χ2n) is 6.64. The van der Waals surface area contributed by atoms with Gasteiger partial charge in [0.15, 0.2) is 5.60 Å². The fraction of sp³-hybridized carbons (Fsp3) is 0.857. The van der Waals surface area contributed by atoms with E-state index in [1.54, 1.807) is 27.7 Å². The maximum atomic E-state index is 12.3. The standard InChI is InChI=1S/C14H23NO6/c1-12(2,3)20-11(17)15-10-7-9(16)8-13(4,21-15)14(10,18-5)19-6/h10H,7-8H2,1-6H3. The molecule has 1 saturated heterocycles. The van der Waals surface area contributed by atoms with E-state index in [1.165, 1.54) is 14.2 Å². The van der Waals surface area contributed by atoms with Crippen LogP contribution >= 0.6 is 0 Å². The molecule has 0 N–H and O–H groups in total. The summed E-state index contributed by atoms with van der Waals surface area (Å²) < 4.78 is 16.4. The van der Waals surface area contributed by atoms with Crippen LogP contribution in [0.1, 0.15) is 40.5 Å². The van der Waals surface area contributed by atoms with Crippen LogP contribution in [0.4, 0.5) is 4.79 Å². The van der Waals surface area contributed by atoms with E-state index in [1.807, 2.05) is 0 Å². The monoisotopic (exact) mass is 301 g/mol. The van der Waals surface area contributed by atoms with E-state index >= 15 is 0 Å². The molecule has 0 radical (unpaired) electrons. The zero-order valence-corrected chi connectivity index (χ0v) is 13.4. The smallest absolute Gasteiger partial charge is 0.434 e. The van der Waals surface area contributed by atoms with Crippen LogP contribution in [0.25, 0.3) is 0 Å². The molecule has 2 aliphatic rings. The molecule has 2 bridgehead atoms. The van der Waals surface area contributed by atoms with Gasteiger partial charge in [0, 0.05) is 27.1 Å². The van der Waals surface area contributed by atoms with Crippen molar-refractivity contribution in [1.82, 2.24) is 5.06 Å². The molecule has 1 aliphatic heterocycles. The number of hydroxylamine groups is 2. The van der Waals surface area contributed by atoms with Crippen LogP contribution in [0.5, 0.6) is 0 Å². The number of Topliss-reactive ketones (excluding diaryl/α,β-unsaturated/α-hetero) is 1. The molecule has 0 aromatic rings. The molecule has 21 heavy (non-hydrogen) atoms. The minimum atomic E-state index is -1.18. The van der Waals surface area contributed by atoms with Gasteiger partial charge in [0.05, 0.1) is 0 Å². The Kier molecular flexibility index (Phi) is 3.80. The van der Waals surface area contributed by atoms with Gasteiger partial charge in [-0.15, -0.1) is 0 Å². The summed E-state index contributed by atoms with van der Waals surface area (Å²) in [5.41, 5.74) is -1.72. The first-order valence-corrected chi connectivity index (χ1v) is 6.92. The Morgan fingerprint density at radius 2 is 1.90 bits per heavy atom. The van der Waals surface area contributed by atoms with Crippen molar-refractivity contribution >= 4 is 11.9 Å². The minimum absolute atomic E-state index is 0.00159. The number of fused-ring (bicyclic) bond motifs is 2. The number of amides is 1. The molecule has 1 heterocycles. The van der Waals surface area contributed by atoms with E-state index < -0.39 is 29.1 Å². The Morgan fingerprint density at radius 1 is 1.33 bits per heavy atom. The van der Waals surface area contributed by atoms with Crippen molar-refractivity contribution in [2.45, 2.75) is 63.6 Å². The molecule has 2 rings (SSSR count). The van der Waals surface area contributed by atoms with Gasteiger partial charge in [0.2, 0.25) is 5.79 Å². The molecule has 0 aromatic heterocycles. The summed E-state index contributed by atoms with van der Waals surface area (Å²) in [7, 11) is 2.96. The fourth-order valence-corrected chi connectivity index (χ4v) is 3.15. The molecular weight excluding hydrogens is 278 g/mol. The van der Waals surface area contributed by atoms with Crippen LogP contribution in [0.3, 0.4) is 0 Å². The zero-order valence-electron chi connectivity index (χ0n) is 13.4. The predicted octanol–water partition coefficient (Wildman–Crippen LogP) is 1.65. The number of carbonyl (C=O) groups is 2. The Bertz CT molecular complexity index is 453. The van der Waals surface area contributed by atoms with E-state index in [2.05, 4.69) is 0 Å². The number of methoxy groups -OCH3 is 2. The lowest BCUT2D eigenvalue weighted by Crippen LogP contribution is -2.62. The Labute approximate surface area is 124 Å². The lowest BCUT2D eigenvalue weighted by molar-refractivity contribution is -0.282. The van der Waals surface area contributed by atoms with E-state index in [4.69, 9.17) is 19.0 Å². The average molecular weight is 301 g/mol. The first-order valence-electron chi connectivity index (χ1n) is 6.92. The summed E-state index contributed by atoms with van der Waals surface area (Å²) in [6.45, 7) is 6.99. The molecule has 2 atom stereocenters. The molecule has 2 unspecified atom stereocenters. The van der Waals surface area contributed by atoms with Crippen molar-refractivity contribution in [2.75, 3.05) is 14.2 Å². The number of nitrogens with zero attached hydrogens (tertiary/aromatic N) is 1. The maximum absolute atomic E-state index is 12.3. The fourth-order valence-electron chi connectivity index (χ4n) is 3.15. The van der Waals surface area contributed by atoms with Gasteiger partial charge in [-0.1, -0.05) is 0 Å².